The van der Waals surface area contributed by atoms with Gasteiger partial charge in [-0.2, -0.15) is 0 Å². The van der Waals surface area contributed by atoms with Gasteiger partial charge in [0.15, 0.2) is 6.61 Å². The number of hydrogen-bond donors (Lipinski definition) is 2. The maximum absolute atomic E-state index is 13.5. The van der Waals surface area contributed by atoms with Crippen LogP contribution in [0.1, 0.15) is 70.0 Å². The molecule has 11 heteroatoms. The fraction of sp³-hybridized carbons (Fsp3) is 0.708. The van der Waals surface area contributed by atoms with Crippen LogP contribution in [-0.2, 0) is 9.53 Å². The van der Waals surface area contributed by atoms with Crippen molar-refractivity contribution in [2.45, 2.75) is 76.1 Å². The van der Waals surface area contributed by atoms with Crippen LogP contribution in [-0.4, -0.2) is 77.5 Å². The van der Waals surface area contributed by atoms with Gasteiger partial charge in [-0.05, 0) is 46.2 Å². The number of carbonyl (C=O) groups excluding carboxylic acids is 3. The average Bonchev–Trinajstić information content (AvgIpc) is 3.27. The normalized spacial score (nSPS) is 15.7. The summed E-state index contributed by atoms with van der Waals surface area (Å²) >= 11 is 1.37. The number of rotatable bonds is 12. The molecule has 1 saturated carbocycles. The molecule has 1 aromatic heterocycles. The Morgan fingerprint density at radius 3 is 2.54 bits per heavy atom. The Bertz CT molecular complexity index is 915. The lowest BCUT2D eigenvalue weighted by Crippen LogP contribution is -2.62. The van der Waals surface area contributed by atoms with Gasteiger partial charge in [0.05, 0.1) is 6.04 Å². The second-order valence-corrected chi connectivity index (χ2v) is 10.4. The summed E-state index contributed by atoms with van der Waals surface area (Å²) in [6.45, 7) is 6.34. The number of nitrogens with zero attached hydrogens (tertiary/aromatic N) is 3. The zero-order chi connectivity index (χ0) is 25.8. The first-order valence-corrected chi connectivity index (χ1v) is 13.0. The maximum atomic E-state index is 13.5. The highest BCUT2D eigenvalue weighted by molar-refractivity contribution is 7.99. The minimum absolute atomic E-state index is 0.0550. The Morgan fingerprint density at radius 1 is 1.20 bits per heavy atom. The number of ketones is 1. The van der Waals surface area contributed by atoms with Crippen LogP contribution in [0.3, 0.4) is 0 Å². The fourth-order valence-electron chi connectivity index (χ4n) is 3.80. The van der Waals surface area contributed by atoms with Crippen LogP contribution in [0, 0.1) is 17.8 Å². The van der Waals surface area contributed by atoms with Gasteiger partial charge in [-0.15, -0.1) is 16.1 Å². The topological polar surface area (TPSA) is 127 Å². The standard InChI is InChI=1S/C24H37N5O5S/c1-6-7-14-33-22(32)26-24(11-9-8-10-12-24)21(31)25-18(16-17(2)3)19(30)20-27-28-23(34-20)35-15-13-29(4)5/h17-18H,8-16H2,1-5H3,(H,25,31)(H,26,32). The SMILES string of the molecule is CC#CCOC(=O)NC1(C(=O)NC(CC(C)C)C(=O)c2nnc(SCCN(C)C)o2)CCCCC1. The quantitative estimate of drug-likeness (QED) is 0.249. The molecule has 1 fully saturated rings. The van der Waals surface area contributed by atoms with Crippen LogP contribution in [0.2, 0.25) is 0 Å². The van der Waals surface area contributed by atoms with E-state index in [1.807, 2.05) is 32.8 Å². The molecule has 2 rings (SSSR count). The summed E-state index contributed by atoms with van der Waals surface area (Å²) in [5.41, 5.74) is -1.15. The van der Waals surface area contributed by atoms with E-state index in [0.29, 0.717) is 24.5 Å². The van der Waals surface area contributed by atoms with E-state index in [9.17, 15) is 14.4 Å². The highest BCUT2D eigenvalue weighted by atomic mass is 32.2. The van der Waals surface area contributed by atoms with Crippen LogP contribution in [0.5, 0.6) is 0 Å². The van der Waals surface area contributed by atoms with E-state index in [0.717, 1.165) is 31.6 Å². The molecule has 1 aliphatic rings. The first-order valence-electron chi connectivity index (χ1n) is 12.0. The van der Waals surface area contributed by atoms with Crippen molar-refractivity contribution in [2.75, 3.05) is 33.0 Å². The second-order valence-electron chi connectivity index (χ2n) is 9.32. The molecule has 2 N–H and O–H groups in total. The van der Waals surface area contributed by atoms with E-state index >= 15 is 0 Å². The summed E-state index contributed by atoms with van der Waals surface area (Å²) in [5.74, 6) is 5.19. The molecule has 0 bridgehead atoms. The van der Waals surface area contributed by atoms with Gasteiger partial charge in [-0.25, -0.2) is 4.79 Å². The highest BCUT2D eigenvalue weighted by Gasteiger charge is 2.43. The fourth-order valence-corrected chi connectivity index (χ4v) is 4.67. The minimum Gasteiger partial charge on any atom is -0.436 e. The van der Waals surface area contributed by atoms with Crippen LogP contribution in [0.4, 0.5) is 4.79 Å². The molecule has 2 amide bonds. The highest BCUT2D eigenvalue weighted by Crippen LogP contribution is 2.29. The number of nitrogens with one attached hydrogen (secondary N) is 2. The van der Waals surface area contributed by atoms with E-state index in [1.165, 1.54) is 11.8 Å². The number of alkyl carbamates (subject to hydrolysis) is 1. The van der Waals surface area contributed by atoms with Crippen molar-refractivity contribution in [1.82, 2.24) is 25.7 Å². The van der Waals surface area contributed by atoms with Gasteiger partial charge in [-0.3, -0.25) is 9.59 Å². The zero-order valence-electron chi connectivity index (χ0n) is 21.3. The molecule has 35 heavy (non-hydrogen) atoms. The predicted molar refractivity (Wildman–Crippen MR) is 133 cm³/mol. The monoisotopic (exact) mass is 507 g/mol. The number of amides is 2. The Balaban J connectivity index is 2.14. The van der Waals surface area contributed by atoms with Gasteiger partial charge in [0.25, 0.3) is 11.1 Å². The molecule has 1 heterocycles. The van der Waals surface area contributed by atoms with Crippen molar-refractivity contribution in [3.05, 3.63) is 5.89 Å². The summed E-state index contributed by atoms with van der Waals surface area (Å²) in [6.07, 6.45) is 3.14. The number of hydrogen-bond acceptors (Lipinski definition) is 9. The lowest BCUT2D eigenvalue weighted by atomic mass is 9.80. The molecule has 10 nitrogen and oxygen atoms in total. The molecule has 0 aromatic carbocycles. The van der Waals surface area contributed by atoms with E-state index in [1.54, 1.807) is 6.92 Å². The van der Waals surface area contributed by atoms with E-state index in [4.69, 9.17) is 9.15 Å². The third-order valence-electron chi connectivity index (χ3n) is 5.65. The second kappa shape index (κ2) is 14.1. The van der Waals surface area contributed by atoms with Crippen molar-refractivity contribution in [1.29, 1.82) is 0 Å². The van der Waals surface area contributed by atoms with Crippen LogP contribution in [0.25, 0.3) is 0 Å². The zero-order valence-corrected chi connectivity index (χ0v) is 22.1. The Morgan fingerprint density at radius 2 is 1.91 bits per heavy atom. The number of carbonyl (C=O) groups is 3. The molecule has 194 valence electrons. The van der Waals surface area contributed by atoms with Crippen molar-refractivity contribution < 1.29 is 23.5 Å². The summed E-state index contributed by atoms with van der Waals surface area (Å²) in [5, 5.41) is 13.8. The van der Waals surface area contributed by atoms with Gasteiger partial charge in [-0.1, -0.05) is 50.8 Å². The molecule has 0 saturated heterocycles. The van der Waals surface area contributed by atoms with E-state index < -0.39 is 29.4 Å². The Labute approximate surface area is 211 Å². The maximum Gasteiger partial charge on any atom is 0.408 e. The summed E-state index contributed by atoms with van der Waals surface area (Å²) in [6, 6.07) is -0.856. The summed E-state index contributed by atoms with van der Waals surface area (Å²) < 4.78 is 10.7. The Kier molecular flexibility index (Phi) is 11.5. The van der Waals surface area contributed by atoms with Crippen LogP contribution >= 0.6 is 11.8 Å². The molecule has 0 aliphatic heterocycles. The lowest BCUT2D eigenvalue weighted by molar-refractivity contribution is -0.129. The average molecular weight is 508 g/mol. The van der Waals surface area contributed by atoms with Gasteiger partial charge < -0.3 is 24.7 Å². The molecule has 0 radical (unpaired) electrons. The van der Waals surface area contributed by atoms with Crippen molar-refractivity contribution in [3.8, 4) is 11.8 Å². The smallest absolute Gasteiger partial charge is 0.408 e. The van der Waals surface area contributed by atoms with Crippen molar-refractivity contribution >= 4 is 29.5 Å². The molecule has 0 spiro atoms. The van der Waals surface area contributed by atoms with Crippen LogP contribution in [0.15, 0.2) is 9.64 Å². The van der Waals surface area contributed by atoms with Gasteiger partial charge in [0, 0.05) is 12.3 Å². The van der Waals surface area contributed by atoms with Gasteiger partial charge in [0.2, 0.25) is 11.7 Å². The predicted octanol–water partition coefficient (Wildman–Crippen LogP) is 2.89. The third-order valence-corrected chi connectivity index (χ3v) is 6.44. The van der Waals surface area contributed by atoms with E-state index in [-0.39, 0.29) is 18.4 Å². The van der Waals surface area contributed by atoms with Gasteiger partial charge in [0.1, 0.15) is 5.54 Å². The molecule has 1 aromatic rings. The first kappa shape index (κ1) is 28.7. The summed E-state index contributed by atoms with van der Waals surface area (Å²) in [4.78, 5) is 41.1. The van der Waals surface area contributed by atoms with Crippen molar-refractivity contribution in [3.63, 3.8) is 0 Å². The van der Waals surface area contributed by atoms with Crippen molar-refractivity contribution in [2.24, 2.45) is 5.92 Å². The number of ether oxygens (including phenoxy) is 1. The summed E-state index contributed by atoms with van der Waals surface area (Å²) in [7, 11) is 3.94. The third kappa shape index (κ3) is 9.18. The Hall–Kier alpha value is -2.58. The lowest BCUT2D eigenvalue weighted by Gasteiger charge is -2.37. The van der Waals surface area contributed by atoms with Crippen LogP contribution < -0.4 is 10.6 Å². The largest absolute Gasteiger partial charge is 0.436 e. The molecule has 1 atom stereocenters. The molecular weight excluding hydrogens is 470 g/mol. The van der Waals surface area contributed by atoms with Gasteiger partial charge >= 0.3 is 6.09 Å². The molecule has 1 unspecified atom stereocenters. The minimum atomic E-state index is -1.15. The number of Topliss-reactive ketones (excluding diaryl/α,β-unsaturated/α-hetero) is 1. The molecule has 1 aliphatic carbocycles. The number of aromatic nitrogens is 2. The number of thioether (sulfide) groups is 1. The molecular formula is C24H37N5O5S. The van der Waals surface area contributed by atoms with E-state index in [2.05, 4.69) is 32.7 Å². The first-order chi connectivity index (χ1) is 16.7.